The molecule has 0 atom stereocenters. The molecule has 3 aromatic heterocycles. The molecule has 7 heteroatoms. The van der Waals surface area contributed by atoms with E-state index in [1.807, 2.05) is 36.4 Å². The molecule has 0 bridgehead atoms. The Bertz CT molecular complexity index is 3370. The minimum atomic E-state index is -0.0455. The normalized spacial score (nSPS) is 12.7. The summed E-state index contributed by atoms with van der Waals surface area (Å²) in [6.07, 6.45) is 3.26. The topological polar surface area (TPSA) is 113 Å². The maximum atomic E-state index is 11.9. The second-order valence-electron chi connectivity index (χ2n) is 27.3. The summed E-state index contributed by atoms with van der Waals surface area (Å²) in [4.78, 5) is 28.7. The molecule has 0 spiro atoms. The first-order valence-electron chi connectivity index (χ1n) is 25.9. The van der Waals surface area contributed by atoms with Gasteiger partial charge in [0.1, 0.15) is 5.75 Å². The van der Waals surface area contributed by atoms with Gasteiger partial charge in [0, 0.05) is 40.7 Å². The van der Waals surface area contributed by atoms with Gasteiger partial charge in [0.15, 0.2) is 6.20 Å². The molecule has 8 aromatic rings. The summed E-state index contributed by atoms with van der Waals surface area (Å²) in [5, 5.41) is 27.8. The van der Waals surface area contributed by atoms with Crippen LogP contribution in [0.1, 0.15) is 190 Å². The first kappa shape index (κ1) is 57.7. The molecule has 3 heterocycles. The van der Waals surface area contributed by atoms with E-state index in [-0.39, 0.29) is 49.0 Å². The Kier molecular flexibility index (Phi) is 16.3. The zero-order chi connectivity index (χ0) is 55.2. The Morgan fingerprint density at radius 3 is 1.37 bits per heavy atom. The van der Waals surface area contributed by atoms with E-state index in [2.05, 4.69) is 205 Å². The third kappa shape index (κ3) is 14.1. The van der Waals surface area contributed by atoms with Gasteiger partial charge in [-0.15, -0.1) is 0 Å². The van der Waals surface area contributed by atoms with Gasteiger partial charge in [0.05, 0.1) is 0 Å². The lowest BCUT2D eigenvalue weighted by Crippen LogP contribution is -2.28. The third-order valence-corrected chi connectivity index (χ3v) is 13.5. The number of benzene rings is 5. The van der Waals surface area contributed by atoms with Gasteiger partial charge in [-0.2, -0.15) is 4.73 Å². The van der Waals surface area contributed by atoms with Crippen molar-refractivity contribution in [3.05, 3.63) is 180 Å². The van der Waals surface area contributed by atoms with Crippen LogP contribution in [0.4, 0.5) is 0 Å². The molecule has 73 heavy (non-hydrogen) atoms. The zero-order valence-electron chi connectivity index (χ0n) is 48.5. The van der Waals surface area contributed by atoms with Crippen molar-refractivity contribution < 1.29 is 9.84 Å². The number of aromatic nitrogens is 3. The number of nitrogens with one attached hydrogen (secondary N) is 2. The van der Waals surface area contributed by atoms with Crippen molar-refractivity contribution in [2.75, 3.05) is 0 Å². The van der Waals surface area contributed by atoms with E-state index in [1.54, 1.807) is 30.6 Å². The van der Waals surface area contributed by atoms with Crippen LogP contribution in [0.5, 0.6) is 5.75 Å². The van der Waals surface area contributed by atoms with Crippen molar-refractivity contribution in [1.82, 2.24) is 9.97 Å². The lowest BCUT2D eigenvalue weighted by molar-refractivity contribution is -0.577. The van der Waals surface area contributed by atoms with Crippen LogP contribution in [-0.2, 0) is 37.9 Å². The van der Waals surface area contributed by atoms with E-state index >= 15 is 0 Å². The van der Waals surface area contributed by atoms with Gasteiger partial charge in [-0.3, -0.25) is 9.59 Å². The summed E-state index contributed by atoms with van der Waals surface area (Å²) >= 11 is 0. The van der Waals surface area contributed by atoms with Gasteiger partial charge >= 0.3 is 0 Å². The number of phenolic OH excluding ortho intramolecular Hbond substituents is 1. The van der Waals surface area contributed by atoms with Crippen molar-refractivity contribution in [3.8, 4) is 5.75 Å². The summed E-state index contributed by atoms with van der Waals surface area (Å²) in [6, 6.07) is 32.0. The molecule has 5 aromatic carbocycles. The van der Waals surface area contributed by atoms with E-state index < -0.39 is 0 Å². The highest BCUT2D eigenvalue weighted by Crippen LogP contribution is 2.39. The smallest absolute Gasteiger partial charge is 0.255 e. The van der Waals surface area contributed by atoms with Gasteiger partial charge < -0.3 is 20.3 Å². The lowest BCUT2D eigenvalue weighted by atomic mass is 9.74. The molecule has 0 aliphatic rings. The number of aromatic amines is 2. The average Bonchev–Trinajstić information content (AvgIpc) is 3.24. The molecule has 390 valence electrons. The van der Waals surface area contributed by atoms with Gasteiger partial charge in [0.25, 0.3) is 5.56 Å². The molecule has 0 radical (unpaired) electrons. The van der Waals surface area contributed by atoms with Crippen molar-refractivity contribution in [2.45, 2.75) is 190 Å². The molecular weight excluding hydrogens is 899 g/mol. The number of rotatable bonds is 0. The molecule has 0 unspecified atom stereocenters. The predicted molar refractivity (Wildman–Crippen MR) is 313 cm³/mol. The van der Waals surface area contributed by atoms with Gasteiger partial charge in [-0.05, 0) is 165 Å². The number of nitrogens with zero attached hydrogens (tertiary/aromatic N) is 1. The number of hydrogen-bond acceptors (Lipinski definition) is 4. The quantitative estimate of drug-likeness (QED) is 0.104. The van der Waals surface area contributed by atoms with E-state index in [9.17, 15) is 19.9 Å². The highest BCUT2D eigenvalue weighted by Gasteiger charge is 2.29. The van der Waals surface area contributed by atoms with Crippen molar-refractivity contribution >= 4 is 43.4 Å². The molecule has 0 amide bonds. The lowest BCUT2D eigenvalue weighted by Gasteiger charge is -2.30. The molecule has 0 aliphatic heterocycles. The van der Waals surface area contributed by atoms with E-state index in [0.29, 0.717) is 5.75 Å². The number of pyridine rings is 3. The Morgan fingerprint density at radius 2 is 0.863 bits per heavy atom. The summed E-state index contributed by atoms with van der Waals surface area (Å²) in [6.45, 7) is 48.7. The van der Waals surface area contributed by atoms with Gasteiger partial charge in [-0.1, -0.05) is 170 Å². The van der Waals surface area contributed by atoms with Crippen LogP contribution < -0.4 is 15.8 Å². The van der Waals surface area contributed by atoms with E-state index in [0.717, 1.165) is 42.7 Å². The maximum absolute atomic E-state index is 11.9. The second-order valence-corrected chi connectivity index (χ2v) is 27.3. The van der Waals surface area contributed by atoms with Gasteiger partial charge in [-0.25, -0.2) is 0 Å². The Balaban J connectivity index is 0.000000181. The van der Waals surface area contributed by atoms with Crippen LogP contribution in [0.3, 0.4) is 0 Å². The number of hydrogen-bond donors (Lipinski definition) is 3. The monoisotopic (exact) mass is 986 g/mol. The van der Waals surface area contributed by atoms with Crippen LogP contribution in [0.2, 0.25) is 0 Å². The molecule has 3 N–H and O–H groups in total. The molecule has 0 aliphatic carbocycles. The van der Waals surface area contributed by atoms with Crippen LogP contribution >= 0.6 is 0 Å². The SMILES string of the molecule is CC(C)(C)c1cc2ccc(=O)[nH]c2cc1C(C)(C)C.CC(C)(C)c1cc2ccc(O)cc2cc1C(C)(C)C.CC(C)(C)c1cc2ccc[n+]([O-])c2cc1C(C)(C)C.Cc1cc2c(=O)[nH]ccc2cc1C(C)(C)C. The van der Waals surface area contributed by atoms with Crippen molar-refractivity contribution in [2.24, 2.45) is 0 Å². The minimum absolute atomic E-state index is 0.0129. The largest absolute Gasteiger partial charge is 0.618 e. The Morgan fingerprint density at radius 1 is 0.438 bits per heavy atom. The Labute approximate surface area is 437 Å². The van der Waals surface area contributed by atoms with Crippen molar-refractivity contribution in [1.29, 1.82) is 0 Å². The second kappa shape index (κ2) is 20.6. The van der Waals surface area contributed by atoms with E-state index in [4.69, 9.17) is 0 Å². The third-order valence-electron chi connectivity index (χ3n) is 13.5. The number of phenols is 1. The first-order valence-corrected chi connectivity index (χ1v) is 25.9. The van der Waals surface area contributed by atoms with Crippen molar-refractivity contribution in [3.63, 3.8) is 0 Å². The molecule has 0 saturated heterocycles. The fraction of sp³-hybridized carbons (Fsp3) is 0.439. The molecule has 8 rings (SSSR count). The predicted octanol–water partition coefficient (Wildman–Crippen LogP) is 16.5. The molecule has 7 nitrogen and oxygen atoms in total. The fourth-order valence-corrected chi connectivity index (χ4v) is 9.60. The number of aromatic hydroxyl groups is 1. The van der Waals surface area contributed by atoms with E-state index in [1.165, 1.54) is 49.9 Å². The number of aryl methyl sites for hydroxylation is 1. The highest BCUT2D eigenvalue weighted by atomic mass is 16.5. The van der Waals surface area contributed by atoms with Crippen LogP contribution in [0, 0.1) is 12.1 Å². The standard InChI is InChI=1S/C18H24O.2C17H23NO.C14H17NO/c1-17(2,3)15-10-12-7-8-14(19)9-13(12)11-16(15)18(4,5)6;1-16(2,3)12-9-11-7-8-15(19)18-14(11)10-13(12)17(4,5)6;1-16(2,3)13-10-12-8-7-9-18(19)15(12)11-14(13)17(4,5)6;1-9-7-11-10(5-6-15-13(11)16)8-12(9)14(2,3)4/h7-11,19H,1-6H3;7-10H,1-6H3,(H,18,19);7-11H,1-6H3;5-8H,1-4H3,(H,15,16). The summed E-state index contributed by atoms with van der Waals surface area (Å²) in [5.41, 5.74) is 12.6. The highest BCUT2D eigenvalue weighted by molar-refractivity contribution is 5.86. The maximum Gasteiger partial charge on any atom is 0.255 e. The molecule has 0 fully saturated rings. The molecule has 0 saturated carbocycles. The summed E-state index contributed by atoms with van der Waals surface area (Å²) < 4.78 is 0.955. The average molecular weight is 986 g/mol. The summed E-state index contributed by atoms with van der Waals surface area (Å²) in [5.74, 6) is 0.330. The first-order chi connectivity index (χ1) is 33.2. The number of H-pyrrole nitrogens is 2. The number of fused-ring (bicyclic) bond motifs is 4. The summed E-state index contributed by atoms with van der Waals surface area (Å²) in [7, 11) is 0. The Hall–Kier alpha value is -6.21. The fourth-order valence-electron chi connectivity index (χ4n) is 9.60. The van der Waals surface area contributed by atoms with Crippen LogP contribution in [-0.4, -0.2) is 15.1 Å². The van der Waals surface area contributed by atoms with Gasteiger partial charge in [0.2, 0.25) is 11.1 Å². The zero-order valence-corrected chi connectivity index (χ0v) is 48.5. The van der Waals surface area contributed by atoms with Crippen LogP contribution in [0.25, 0.3) is 43.4 Å². The van der Waals surface area contributed by atoms with Crippen LogP contribution in [0.15, 0.2) is 119 Å². The minimum Gasteiger partial charge on any atom is -0.618 e. The molecular formula is C66H87N3O4.